The summed E-state index contributed by atoms with van der Waals surface area (Å²) in [7, 11) is 0. The molecule has 0 bridgehead atoms. The molecule has 1 amide bonds. The second-order valence-electron chi connectivity index (χ2n) is 9.72. The summed E-state index contributed by atoms with van der Waals surface area (Å²) in [4.78, 5) is 15.9. The highest BCUT2D eigenvalue weighted by Gasteiger charge is 2.52. The molecular formula is C30H34BrN3O. The van der Waals surface area contributed by atoms with E-state index in [9.17, 15) is 4.79 Å². The van der Waals surface area contributed by atoms with Crippen molar-refractivity contribution in [3.05, 3.63) is 108 Å². The van der Waals surface area contributed by atoms with Crippen LogP contribution >= 0.6 is 0 Å². The molecule has 1 heterocycles. The molecule has 1 saturated carbocycles. The third-order valence-electron chi connectivity index (χ3n) is 8.01. The van der Waals surface area contributed by atoms with E-state index in [-0.39, 0.29) is 28.8 Å². The number of halogens is 1. The fourth-order valence-corrected chi connectivity index (χ4v) is 6.34. The molecule has 0 aromatic heterocycles. The number of benzene rings is 3. The largest absolute Gasteiger partial charge is 1.00 e. The van der Waals surface area contributed by atoms with Gasteiger partial charge in [0.05, 0.1) is 6.04 Å². The second-order valence-corrected chi connectivity index (χ2v) is 9.72. The van der Waals surface area contributed by atoms with Crippen molar-refractivity contribution in [1.29, 1.82) is 0 Å². The van der Waals surface area contributed by atoms with E-state index in [0.29, 0.717) is 6.04 Å². The van der Waals surface area contributed by atoms with Crippen LogP contribution in [-0.2, 0) is 16.8 Å². The van der Waals surface area contributed by atoms with Gasteiger partial charge in [0, 0.05) is 6.92 Å². The Hall–Kier alpha value is -2.92. The number of nitrogens with two attached hydrogens (primary N) is 1. The summed E-state index contributed by atoms with van der Waals surface area (Å²) in [5.74, 6) is 1.26. The Morgan fingerprint density at radius 1 is 0.914 bits per heavy atom. The van der Waals surface area contributed by atoms with Gasteiger partial charge in [0.25, 0.3) is 0 Å². The van der Waals surface area contributed by atoms with Gasteiger partial charge in [0.2, 0.25) is 11.7 Å². The van der Waals surface area contributed by atoms with Gasteiger partial charge in [-0.25, -0.2) is 0 Å². The van der Waals surface area contributed by atoms with Crippen LogP contribution in [0.2, 0.25) is 0 Å². The van der Waals surface area contributed by atoms with Gasteiger partial charge in [0.15, 0.2) is 0 Å². The molecular weight excluding hydrogens is 498 g/mol. The van der Waals surface area contributed by atoms with Gasteiger partial charge in [-0.1, -0.05) is 91.0 Å². The SMILES string of the molecule is CC1=[N+](Cc2ccccc2)CCN1[C@H]1CC[C@@H](C(C(N)=O)(c2ccccc2)c2ccccc2)C1.[Br-]. The van der Waals surface area contributed by atoms with Gasteiger partial charge in [-0.15, -0.1) is 0 Å². The minimum Gasteiger partial charge on any atom is -1.00 e. The van der Waals surface area contributed by atoms with Crippen molar-refractivity contribution in [3.8, 4) is 0 Å². The lowest BCUT2D eigenvalue weighted by Crippen LogP contribution is -3.00. The van der Waals surface area contributed by atoms with E-state index in [1.54, 1.807) is 0 Å². The first-order valence-corrected chi connectivity index (χ1v) is 12.4. The summed E-state index contributed by atoms with van der Waals surface area (Å²) in [5, 5.41) is 0. The molecule has 1 aliphatic carbocycles. The van der Waals surface area contributed by atoms with Crippen LogP contribution in [0, 0.1) is 5.92 Å². The normalized spacial score (nSPS) is 20.1. The zero-order chi connectivity index (χ0) is 23.5. The van der Waals surface area contributed by atoms with Crippen LogP contribution in [0.4, 0.5) is 0 Å². The Bertz CT molecular complexity index is 1120. The van der Waals surface area contributed by atoms with E-state index in [1.807, 2.05) is 36.4 Å². The third-order valence-corrected chi connectivity index (χ3v) is 8.01. The number of rotatable bonds is 7. The Morgan fingerprint density at radius 3 is 2.00 bits per heavy atom. The molecule has 3 aromatic rings. The maximum atomic E-state index is 13.4. The lowest BCUT2D eigenvalue weighted by Gasteiger charge is -2.37. The van der Waals surface area contributed by atoms with Gasteiger partial charge < -0.3 is 22.7 Å². The van der Waals surface area contributed by atoms with Crippen LogP contribution in [0.1, 0.15) is 42.9 Å². The van der Waals surface area contributed by atoms with E-state index in [0.717, 1.165) is 50.0 Å². The molecule has 1 aliphatic heterocycles. The van der Waals surface area contributed by atoms with Crippen LogP contribution in [0.15, 0.2) is 91.0 Å². The fraction of sp³-hybridized carbons (Fsp3) is 0.333. The van der Waals surface area contributed by atoms with Crippen LogP contribution < -0.4 is 22.7 Å². The predicted octanol–water partition coefficient (Wildman–Crippen LogP) is 1.58. The average Bonchev–Trinajstić information content (AvgIpc) is 3.49. The van der Waals surface area contributed by atoms with Gasteiger partial charge in [0.1, 0.15) is 25.0 Å². The number of carbonyl (C=O) groups excluding carboxylic acids is 1. The topological polar surface area (TPSA) is 49.3 Å². The lowest BCUT2D eigenvalue weighted by molar-refractivity contribution is -0.534. The van der Waals surface area contributed by atoms with E-state index >= 15 is 0 Å². The molecule has 4 nitrogen and oxygen atoms in total. The van der Waals surface area contributed by atoms with Crippen molar-refractivity contribution in [2.45, 2.75) is 44.2 Å². The Kier molecular flexibility index (Phi) is 7.75. The standard InChI is InChI=1S/C30H33N3O.BrH/c1-23-32(22-24-11-5-2-6-12-24)19-20-33(23)28-18-17-27(21-28)30(29(31)34,25-13-7-3-8-14-25)26-15-9-4-10-16-26;/h2-16,27-28H,17-22H2,1H3,(H-,31,34);1H/t27-,28+;/m1./s1. The van der Waals surface area contributed by atoms with Crippen LogP contribution in [0.25, 0.3) is 0 Å². The Labute approximate surface area is 219 Å². The quantitative estimate of drug-likeness (QED) is 0.470. The van der Waals surface area contributed by atoms with Crippen LogP contribution in [-0.4, -0.2) is 40.3 Å². The summed E-state index contributed by atoms with van der Waals surface area (Å²) in [5.41, 5.74) is 8.83. The predicted molar refractivity (Wildman–Crippen MR) is 137 cm³/mol. The van der Waals surface area contributed by atoms with Crippen LogP contribution in [0.5, 0.6) is 0 Å². The molecule has 0 spiro atoms. The van der Waals surface area contributed by atoms with Gasteiger partial charge >= 0.3 is 0 Å². The van der Waals surface area contributed by atoms with E-state index < -0.39 is 5.41 Å². The molecule has 0 unspecified atom stereocenters. The number of amidine groups is 1. The van der Waals surface area contributed by atoms with Crippen molar-refractivity contribution in [3.63, 3.8) is 0 Å². The molecule has 2 N–H and O–H groups in total. The molecule has 0 saturated heterocycles. The number of hydrogen-bond donors (Lipinski definition) is 1. The number of nitrogens with zero attached hydrogens (tertiary/aromatic N) is 2. The Morgan fingerprint density at radius 2 is 1.46 bits per heavy atom. The maximum absolute atomic E-state index is 13.4. The molecule has 2 atom stereocenters. The van der Waals surface area contributed by atoms with E-state index in [1.165, 1.54) is 11.4 Å². The lowest BCUT2D eigenvalue weighted by atomic mass is 9.64. The van der Waals surface area contributed by atoms with Crippen LogP contribution in [0.3, 0.4) is 0 Å². The fourth-order valence-electron chi connectivity index (χ4n) is 6.34. The van der Waals surface area contributed by atoms with E-state index in [2.05, 4.69) is 71.0 Å². The average molecular weight is 533 g/mol. The number of hydrogen-bond acceptors (Lipinski definition) is 2. The number of carbonyl (C=O) groups is 1. The Balaban J connectivity index is 0.00000289. The summed E-state index contributed by atoms with van der Waals surface area (Å²) in [6, 6.07) is 31.5. The summed E-state index contributed by atoms with van der Waals surface area (Å²) >= 11 is 0. The molecule has 5 rings (SSSR count). The number of primary amides is 1. The monoisotopic (exact) mass is 531 g/mol. The van der Waals surface area contributed by atoms with Gasteiger partial charge in [-0.2, -0.15) is 0 Å². The number of amides is 1. The molecule has 2 aliphatic rings. The van der Waals surface area contributed by atoms with Crippen molar-refractivity contribution in [1.82, 2.24) is 4.90 Å². The molecule has 35 heavy (non-hydrogen) atoms. The highest BCUT2D eigenvalue weighted by molar-refractivity contribution is 5.91. The second kappa shape index (κ2) is 10.8. The minimum atomic E-state index is -0.811. The highest BCUT2D eigenvalue weighted by Crippen LogP contribution is 2.48. The highest BCUT2D eigenvalue weighted by atomic mass is 79.9. The smallest absolute Gasteiger partial charge is 0.244 e. The summed E-state index contributed by atoms with van der Waals surface area (Å²) in [6.07, 6.45) is 3.03. The first-order valence-electron chi connectivity index (χ1n) is 12.4. The third kappa shape index (κ3) is 4.66. The molecule has 0 radical (unpaired) electrons. The summed E-state index contributed by atoms with van der Waals surface area (Å²) < 4.78 is 2.48. The van der Waals surface area contributed by atoms with Crippen molar-refractivity contribution in [2.24, 2.45) is 11.7 Å². The molecule has 3 aromatic carbocycles. The first kappa shape index (κ1) is 25.2. The molecule has 1 fully saturated rings. The van der Waals surface area contributed by atoms with Gasteiger partial charge in [-0.05, 0) is 41.9 Å². The van der Waals surface area contributed by atoms with Gasteiger partial charge in [-0.3, -0.25) is 14.3 Å². The minimum absolute atomic E-state index is 0. The molecule has 182 valence electrons. The first-order chi connectivity index (χ1) is 16.6. The van der Waals surface area contributed by atoms with Crippen molar-refractivity contribution < 1.29 is 26.4 Å². The van der Waals surface area contributed by atoms with Crippen molar-refractivity contribution >= 4 is 11.7 Å². The zero-order valence-electron chi connectivity index (χ0n) is 20.3. The summed E-state index contributed by atoms with van der Waals surface area (Å²) in [6.45, 7) is 5.27. The molecule has 5 heteroatoms. The maximum Gasteiger partial charge on any atom is 0.244 e. The van der Waals surface area contributed by atoms with E-state index in [4.69, 9.17) is 5.73 Å². The zero-order valence-corrected chi connectivity index (χ0v) is 21.9. The van der Waals surface area contributed by atoms with Crippen molar-refractivity contribution in [2.75, 3.05) is 13.1 Å².